The Balaban J connectivity index is 2.59. The van der Waals surface area contributed by atoms with Gasteiger partial charge < -0.3 is 9.90 Å². The van der Waals surface area contributed by atoms with E-state index in [0.29, 0.717) is 5.56 Å². The largest absolute Gasteiger partial charge is 0.545 e. The highest BCUT2D eigenvalue weighted by atomic mass is 16.6. The van der Waals surface area contributed by atoms with E-state index in [1.54, 1.807) is 36.4 Å². The molecule has 2 aromatic rings. The Labute approximate surface area is 115 Å². The van der Waals surface area contributed by atoms with Gasteiger partial charge in [-0.1, -0.05) is 42.5 Å². The summed E-state index contributed by atoms with van der Waals surface area (Å²) >= 11 is 0. The van der Waals surface area contributed by atoms with Gasteiger partial charge in [0.1, 0.15) is 0 Å². The summed E-state index contributed by atoms with van der Waals surface area (Å²) in [4.78, 5) is 21.6. The first-order chi connectivity index (χ1) is 9.59. The minimum atomic E-state index is -1.46. The number of aliphatic carboxylic acids is 1. The fraction of sp³-hybridized carbons (Fsp3) is 0. The molecule has 0 aliphatic heterocycles. The Morgan fingerprint density at radius 2 is 1.60 bits per heavy atom. The van der Waals surface area contributed by atoms with Crippen molar-refractivity contribution in [3.05, 3.63) is 75.8 Å². The van der Waals surface area contributed by atoms with Crippen LogP contribution in [0.4, 0.5) is 5.69 Å². The summed E-state index contributed by atoms with van der Waals surface area (Å²) in [5.41, 5.74) is 0.175. The molecule has 0 radical (unpaired) electrons. The van der Waals surface area contributed by atoms with E-state index in [4.69, 9.17) is 0 Å². The third kappa shape index (κ3) is 2.89. The zero-order valence-corrected chi connectivity index (χ0v) is 10.4. The molecule has 0 aromatic heterocycles. The third-order valence-electron chi connectivity index (χ3n) is 2.72. The van der Waals surface area contributed by atoms with Gasteiger partial charge in [0, 0.05) is 11.6 Å². The van der Waals surface area contributed by atoms with E-state index in [9.17, 15) is 20.0 Å². The van der Waals surface area contributed by atoms with Gasteiger partial charge in [0.15, 0.2) is 0 Å². The Kier molecular flexibility index (Phi) is 3.91. The lowest BCUT2D eigenvalue weighted by Crippen LogP contribution is -2.23. The number of para-hydroxylation sites is 1. The van der Waals surface area contributed by atoms with Crippen molar-refractivity contribution >= 4 is 23.3 Å². The van der Waals surface area contributed by atoms with Crippen LogP contribution >= 0.6 is 0 Å². The number of benzene rings is 2. The lowest BCUT2D eigenvalue weighted by molar-refractivity contribution is -0.385. The highest BCUT2D eigenvalue weighted by molar-refractivity contribution is 6.20. The minimum absolute atomic E-state index is 0.0290. The predicted molar refractivity (Wildman–Crippen MR) is 72.4 cm³/mol. The first-order valence-corrected chi connectivity index (χ1v) is 5.81. The molecular formula is C15H10NO4-. The van der Waals surface area contributed by atoms with Crippen molar-refractivity contribution < 1.29 is 14.8 Å². The Morgan fingerprint density at radius 3 is 2.20 bits per heavy atom. The standard InChI is InChI=1S/C15H11NO4/c17-15(18)13(10-11-6-2-1-3-7-11)12-8-4-5-9-14(12)16(19)20/h1-10H,(H,17,18)/p-1/b13-10-. The van der Waals surface area contributed by atoms with Crippen LogP contribution in [0.25, 0.3) is 11.6 Å². The molecule has 0 bridgehead atoms. The van der Waals surface area contributed by atoms with Crippen LogP contribution in [0.1, 0.15) is 11.1 Å². The maximum absolute atomic E-state index is 11.3. The highest BCUT2D eigenvalue weighted by Crippen LogP contribution is 2.27. The van der Waals surface area contributed by atoms with Crippen molar-refractivity contribution in [2.24, 2.45) is 0 Å². The Morgan fingerprint density at radius 1 is 1.00 bits per heavy atom. The third-order valence-corrected chi connectivity index (χ3v) is 2.72. The van der Waals surface area contributed by atoms with Gasteiger partial charge in [-0.15, -0.1) is 0 Å². The molecule has 0 spiro atoms. The molecule has 0 N–H and O–H groups in total. The number of nitro benzene ring substituents is 1. The van der Waals surface area contributed by atoms with Gasteiger partial charge in [0.05, 0.1) is 16.5 Å². The van der Waals surface area contributed by atoms with Crippen molar-refractivity contribution in [1.82, 2.24) is 0 Å². The normalized spacial score (nSPS) is 11.1. The quantitative estimate of drug-likeness (QED) is 0.367. The summed E-state index contributed by atoms with van der Waals surface area (Å²) in [7, 11) is 0. The Hall–Kier alpha value is -2.95. The number of hydrogen-bond donors (Lipinski definition) is 0. The molecule has 0 aliphatic rings. The first kappa shape index (κ1) is 13.5. The lowest BCUT2D eigenvalue weighted by Gasteiger charge is -2.09. The fourth-order valence-corrected chi connectivity index (χ4v) is 1.82. The van der Waals surface area contributed by atoms with Crippen LogP contribution in [0.3, 0.4) is 0 Å². The number of nitro groups is 1. The van der Waals surface area contributed by atoms with Crippen LogP contribution in [-0.4, -0.2) is 10.9 Å². The molecule has 0 saturated carbocycles. The average Bonchev–Trinajstić information content (AvgIpc) is 2.45. The molecule has 0 fully saturated rings. The summed E-state index contributed by atoms with van der Waals surface area (Å²) < 4.78 is 0. The monoisotopic (exact) mass is 268 g/mol. The smallest absolute Gasteiger partial charge is 0.277 e. The van der Waals surface area contributed by atoms with Gasteiger partial charge in [0.25, 0.3) is 5.69 Å². The number of carbonyl (C=O) groups is 1. The van der Waals surface area contributed by atoms with Crippen LogP contribution in [0.5, 0.6) is 0 Å². The molecule has 5 heteroatoms. The van der Waals surface area contributed by atoms with E-state index in [1.807, 2.05) is 0 Å². The zero-order chi connectivity index (χ0) is 14.5. The molecule has 2 rings (SSSR count). The topological polar surface area (TPSA) is 83.3 Å². The van der Waals surface area contributed by atoms with Gasteiger partial charge in [-0.05, 0) is 17.7 Å². The van der Waals surface area contributed by atoms with Crippen molar-refractivity contribution in [3.8, 4) is 0 Å². The molecule has 0 amide bonds. The van der Waals surface area contributed by atoms with Gasteiger partial charge in [-0.3, -0.25) is 10.1 Å². The molecule has 5 nitrogen and oxygen atoms in total. The second kappa shape index (κ2) is 5.79. The Bertz CT molecular complexity index is 677. The van der Waals surface area contributed by atoms with E-state index in [0.717, 1.165) is 0 Å². The summed E-state index contributed by atoms with van der Waals surface area (Å²) in [5, 5.41) is 22.2. The molecular weight excluding hydrogens is 258 g/mol. The van der Waals surface area contributed by atoms with Gasteiger partial charge >= 0.3 is 0 Å². The van der Waals surface area contributed by atoms with E-state index in [1.165, 1.54) is 24.3 Å². The van der Waals surface area contributed by atoms with Crippen molar-refractivity contribution in [2.75, 3.05) is 0 Å². The molecule has 0 heterocycles. The number of nitrogens with zero attached hydrogens (tertiary/aromatic N) is 1. The van der Waals surface area contributed by atoms with Crippen molar-refractivity contribution in [1.29, 1.82) is 0 Å². The van der Waals surface area contributed by atoms with E-state index in [-0.39, 0.29) is 16.8 Å². The minimum Gasteiger partial charge on any atom is -0.545 e. The molecule has 0 aliphatic carbocycles. The summed E-state index contributed by atoms with van der Waals surface area (Å²) in [6.07, 6.45) is 1.36. The molecule has 0 saturated heterocycles. The highest BCUT2D eigenvalue weighted by Gasteiger charge is 2.16. The predicted octanol–water partition coefficient (Wildman–Crippen LogP) is 1.89. The maximum atomic E-state index is 11.3. The molecule has 2 aromatic carbocycles. The van der Waals surface area contributed by atoms with Crippen molar-refractivity contribution in [2.45, 2.75) is 0 Å². The van der Waals surface area contributed by atoms with Crippen LogP contribution in [0, 0.1) is 10.1 Å². The van der Waals surface area contributed by atoms with Gasteiger partial charge in [-0.25, -0.2) is 0 Å². The number of carbonyl (C=O) groups excluding carboxylic acids is 1. The fourth-order valence-electron chi connectivity index (χ4n) is 1.82. The van der Waals surface area contributed by atoms with Gasteiger partial charge in [0.2, 0.25) is 0 Å². The SMILES string of the molecule is O=C([O-])/C(=C\c1ccccc1)c1ccccc1[N+](=O)[O-]. The van der Waals surface area contributed by atoms with Crippen molar-refractivity contribution in [3.63, 3.8) is 0 Å². The van der Waals surface area contributed by atoms with Crippen LogP contribution in [0.15, 0.2) is 54.6 Å². The number of carboxylic acid groups (broad SMARTS) is 1. The molecule has 0 atom stereocenters. The summed E-state index contributed by atoms with van der Waals surface area (Å²) in [5.74, 6) is -1.46. The first-order valence-electron chi connectivity index (χ1n) is 5.81. The average molecular weight is 268 g/mol. The van der Waals surface area contributed by atoms with E-state index < -0.39 is 10.9 Å². The second-order valence-corrected chi connectivity index (χ2v) is 4.03. The molecule has 20 heavy (non-hydrogen) atoms. The number of carboxylic acids is 1. The van der Waals surface area contributed by atoms with Crippen LogP contribution in [-0.2, 0) is 4.79 Å². The van der Waals surface area contributed by atoms with Gasteiger partial charge in [-0.2, -0.15) is 0 Å². The lowest BCUT2D eigenvalue weighted by atomic mass is 10.0. The van der Waals surface area contributed by atoms with Crippen LogP contribution in [0.2, 0.25) is 0 Å². The number of rotatable bonds is 4. The molecule has 100 valence electrons. The second-order valence-electron chi connectivity index (χ2n) is 4.03. The van der Waals surface area contributed by atoms with Crippen LogP contribution < -0.4 is 5.11 Å². The van der Waals surface area contributed by atoms with E-state index >= 15 is 0 Å². The number of hydrogen-bond acceptors (Lipinski definition) is 4. The van der Waals surface area contributed by atoms with E-state index in [2.05, 4.69) is 0 Å². The maximum Gasteiger partial charge on any atom is 0.277 e. The summed E-state index contributed by atoms with van der Waals surface area (Å²) in [6.45, 7) is 0. The summed E-state index contributed by atoms with van der Waals surface area (Å²) in [6, 6.07) is 14.4. The molecule has 0 unspecified atom stereocenters. The zero-order valence-electron chi connectivity index (χ0n) is 10.4.